The molecule has 0 saturated carbocycles. The highest BCUT2D eigenvalue weighted by Crippen LogP contribution is 2.29. The Hall–Kier alpha value is -1.86. The third-order valence-electron chi connectivity index (χ3n) is 2.65. The fourth-order valence-corrected chi connectivity index (χ4v) is 2.43. The summed E-state index contributed by atoms with van der Waals surface area (Å²) in [5.74, 6) is 1.30. The molecule has 3 aromatic rings. The number of aromatic amines is 1. The average Bonchev–Trinajstić information content (AvgIpc) is 2.86. The van der Waals surface area contributed by atoms with Crippen molar-refractivity contribution in [3.8, 4) is 5.75 Å². The Labute approximate surface area is 127 Å². The molecule has 0 fully saturated rings. The molecule has 0 saturated heterocycles. The van der Waals surface area contributed by atoms with E-state index in [9.17, 15) is 0 Å². The number of nitrogens with one attached hydrogen (secondary N) is 2. The molecule has 8 heteroatoms. The fourth-order valence-electron chi connectivity index (χ4n) is 1.79. The predicted molar refractivity (Wildman–Crippen MR) is 80.7 cm³/mol. The third-order valence-corrected chi connectivity index (χ3v) is 3.28. The van der Waals surface area contributed by atoms with Crippen LogP contribution in [0.5, 0.6) is 5.75 Å². The zero-order valence-electron chi connectivity index (χ0n) is 10.3. The molecule has 3 rings (SSSR count). The van der Waals surface area contributed by atoms with Gasteiger partial charge in [0.1, 0.15) is 11.6 Å². The summed E-state index contributed by atoms with van der Waals surface area (Å²) >= 11 is 9.32. The van der Waals surface area contributed by atoms with Gasteiger partial charge in [-0.05, 0) is 23.7 Å². The Morgan fingerprint density at radius 3 is 2.95 bits per heavy atom. The van der Waals surface area contributed by atoms with Gasteiger partial charge in [-0.1, -0.05) is 15.9 Å². The first kappa shape index (κ1) is 13.1. The minimum absolute atomic E-state index is 0.145. The highest BCUT2D eigenvalue weighted by molar-refractivity contribution is 9.10. The summed E-state index contributed by atoms with van der Waals surface area (Å²) in [4.78, 5) is 8.23. The average molecular weight is 355 g/mol. The Morgan fingerprint density at radius 1 is 1.30 bits per heavy atom. The van der Waals surface area contributed by atoms with Gasteiger partial charge < -0.3 is 10.1 Å². The second-order valence-electron chi connectivity index (χ2n) is 3.98. The van der Waals surface area contributed by atoms with Gasteiger partial charge in [-0.3, -0.25) is 5.10 Å². The van der Waals surface area contributed by atoms with Crippen molar-refractivity contribution in [1.82, 2.24) is 20.2 Å². The number of ether oxygens (including phenoxy) is 1. The number of benzene rings is 1. The second-order valence-corrected chi connectivity index (χ2v) is 5.23. The molecule has 20 heavy (non-hydrogen) atoms. The molecule has 2 aromatic heterocycles. The summed E-state index contributed by atoms with van der Waals surface area (Å²) in [7, 11) is 1.61. The molecule has 6 nitrogen and oxygen atoms in total. The van der Waals surface area contributed by atoms with E-state index < -0.39 is 0 Å². The fraction of sp³-hybridized carbons (Fsp3) is 0.0833. The number of rotatable bonds is 3. The van der Waals surface area contributed by atoms with E-state index in [1.54, 1.807) is 13.3 Å². The lowest BCUT2D eigenvalue weighted by atomic mass is 10.3. The lowest BCUT2D eigenvalue weighted by Crippen LogP contribution is -1.97. The van der Waals surface area contributed by atoms with E-state index >= 15 is 0 Å². The molecule has 0 aliphatic rings. The van der Waals surface area contributed by atoms with Crippen LogP contribution in [-0.2, 0) is 0 Å². The number of H-pyrrole nitrogens is 1. The molecule has 0 spiro atoms. The molecule has 0 amide bonds. The second kappa shape index (κ2) is 5.26. The van der Waals surface area contributed by atoms with Gasteiger partial charge in [-0.2, -0.15) is 15.1 Å². The third kappa shape index (κ3) is 2.54. The van der Waals surface area contributed by atoms with Gasteiger partial charge in [0, 0.05) is 16.2 Å². The molecular formula is C12H9BrClN5O. The Kier molecular flexibility index (Phi) is 3.45. The molecule has 0 aliphatic heterocycles. The first-order valence-electron chi connectivity index (χ1n) is 5.64. The Bertz CT molecular complexity index is 776. The van der Waals surface area contributed by atoms with Crippen molar-refractivity contribution in [2.75, 3.05) is 12.4 Å². The van der Waals surface area contributed by atoms with Crippen molar-refractivity contribution in [1.29, 1.82) is 0 Å². The number of hydrogen-bond donors (Lipinski definition) is 2. The van der Waals surface area contributed by atoms with Crippen molar-refractivity contribution < 1.29 is 4.74 Å². The minimum Gasteiger partial charge on any atom is -0.497 e. The summed E-state index contributed by atoms with van der Waals surface area (Å²) < 4.78 is 6.11. The van der Waals surface area contributed by atoms with Gasteiger partial charge in [0.2, 0.25) is 5.28 Å². The normalized spacial score (nSPS) is 10.8. The van der Waals surface area contributed by atoms with Crippen LogP contribution in [0.25, 0.3) is 11.0 Å². The molecule has 0 aliphatic carbocycles. The first-order chi connectivity index (χ1) is 9.65. The van der Waals surface area contributed by atoms with Crippen LogP contribution in [0.2, 0.25) is 5.28 Å². The number of aromatic nitrogens is 4. The van der Waals surface area contributed by atoms with Crippen molar-refractivity contribution in [3.63, 3.8) is 0 Å². The molecule has 0 atom stereocenters. The van der Waals surface area contributed by atoms with Crippen LogP contribution in [0.1, 0.15) is 0 Å². The van der Waals surface area contributed by atoms with Crippen LogP contribution in [-0.4, -0.2) is 27.3 Å². The monoisotopic (exact) mass is 353 g/mol. The highest BCUT2D eigenvalue weighted by atomic mass is 79.9. The van der Waals surface area contributed by atoms with E-state index in [1.165, 1.54) is 0 Å². The largest absolute Gasteiger partial charge is 0.497 e. The SMILES string of the molecule is COc1cc(Br)cc(Nc2nc(Cl)nc3[nH]ncc23)c1. The van der Waals surface area contributed by atoms with Gasteiger partial charge >= 0.3 is 0 Å². The maximum Gasteiger partial charge on any atom is 0.226 e. The topological polar surface area (TPSA) is 75.7 Å². The number of nitrogens with zero attached hydrogens (tertiary/aromatic N) is 3. The van der Waals surface area contributed by atoms with E-state index in [1.807, 2.05) is 18.2 Å². The predicted octanol–water partition coefficient (Wildman–Crippen LogP) is 3.52. The van der Waals surface area contributed by atoms with E-state index in [0.717, 1.165) is 21.3 Å². The standard InChI is InChI=1S/C12H9BrClN5O/c1-20-8-3-6(13)2-7(4-8)16-10-9-5-15-19-11(9)18-12(14)17-10/h2-5H,1H3,(H2,15,16,17,18,19). The summed E-state index contributed by atoms with van der Waals surface area (Å²) in [6, 6.07) is 5.63. The number of hydrogen-bond acceptors (Lipinski definition) is 5. The summed E-state index contributed by atoms with van der Waals surface area (Å²) in [5.41, 5.74) is 1.39. The minimum atomic E-state index is 0.145. The van der Waals surface area contributed by atoms with E-state index in [-0.39, 0.29) is 5.28 Å². The molecule has 0 unspecified atom stereocenters. The summed E-state index contributed by atoms with van der Waals surface area (Å²) in [6.45, 7) is 0. The molecule has 2 heterocycles. The summed E-state index contributed by atoms with van der Waals surface area (Å²) in [6.07, 6.45) is 1.64. The summed E-state index contributed by atoms with van der Waals surface area (Å²) in [5, 5.41) is 10.8. The highest BCUT2D eigenvalue weighted by Gasteiger charge is 2.09. The van der Waals surface area contributed by atoms with Crippen LogP contribution >= 0.6 is 27.5 Å². The van der Waals surface area contributed by atoms with E-state index in [4.69, 9.17) is 16.3 Å². The van der Waals surface area contributed by atoms with Gasteiger partial charge in [0.05, 0.1) is 18.7 Å². The molecular weight excluding hydrogens is 346 g/mol. The lowest BCUT2D eigenvalue weighted by Gasteiger charge is -2.09. The van der Waals surface area contributed by atoms with Gasteiger partial charge in [0.25, 0.3) is 0 Å². The van der Waals surface area contributed by atoms with Crippen molar-refractivity contribution in [2.45, 2.75) is 0 Å². The Balaban J connectivity index is 2.04. The number of fused-ring (bicyclic) bond motifs is 1. The zero-order chi connectivity index (χ0) is 14.1. The van der Waals surface area contributed by atoms with Crippen molar-refractivity contribution in [3.05, 3.63) is 34.2 Å². The number of methoxy groups -OCH3 is 1. The smallest absolute Gasteiger partial charge is 0.226 e. The molecule has 0 radical (unpaired) electrons. The van der Waals surface area contributed by atoms with Gasteiger partial charge in [-0.25, -0.2) is 0 Å². The first-order valence-corrected chi connectivity index (χ1v) is 6.81. The zero-order valence-corrected chi connectivity index (χ0v) is 12.7. The van der Waals surface area contributed by atoms with Crippen LogP contribution < -0.4 is 10.1 Å². The maximum absolute atomic E-state index is 5.89. The van der Waals surface area contributed by atoms with Gasteiger partial charge in [0.15, 0.2) is 5.65 Å². The Morgan fingerprint density at radius 2 is 2.15 bits per heavy atom. The van der Waals surface area contributed by atoms with Gasteiger partial charge in [-0.15, -0.1) is 0 Å². The molecule has 102 valence electrons. The molecule has 2 N–H and O–H groups in total. The van der Waals surface area contributed by atoms with Crippen LogP contribution in [0.15, 0.2) is 28.9 Å². The molecule has 0 bridgehead atoms. The van der Waals surface area contributed by atoms with Crippen LogP contribution in [0.3, 0.4) is 0 Å². The van der Waals surface area contributed by atoms with Crippen LogP contribution in [0, 0.1) is 0 Å². The molecule has 1 aromatic carbocycles. The number of halogens is 2. The maximum atomic E-state index is 5.89. The lowest BCUT2D eigenvalue weighted by molar-refractivity contribution is 0.415. The van der Waals surface area contributed by atoms with Crippen LogP contribution in [0.4, 0.5) is 11.5 Å². The van der Waals surface area contributed by atoms with Crippen molar-refractivity contribution in [2.24, 2.45) is 0 Å². The number of anilines is 2. The van der Waals surface area contributed by atoms with Crippen molar-refractivity contribution >= 4 is 50.1 Å². The quantitative estimate of drug-likeness (QED) is 0.704. The van der Waals surface area contributed by atoms with E-state index in [2.05, 4.69) is 41.4 Å². The van der Waals surface area contributed by atoms with E-state index in [0.29, 0.717) is 11.5 Å².